The van der Waals surface area contributed by atoms with Crippen molar-refractivity contribution in [1.29, 1.82) is 0 Å². The lowest BCUT2D eigenvalue weighted by Crippen LogP contribution is -2.10. The number of sulfone groups is 1. The Morgan fingerprint density at radius 2 is 1.83 bits per heavy atom. The van der Waals surface area contributed by atoms with E-state index in [0.717, 1.165) is 11.3 Å². The largest absolute Gasteiger partial charge is 0.495 e. The zero-order valence-electron chi connectivity index (χ0n) is 18.9. The first kappa shape index (κ1) is 25.6. The van der Waals surface area contributed by atoms with Gasteiger partial charge in [-0.15, -0.1) is 10.2 Å². The Morgan fingerprint density at radius 3 is 2.44 bits per heavy atom. The van der Waals surface area contributed by atoms with E-state index in [-0.39, 0.29) is 38.6 Å². The SMILES string of the molecule is COc1cc2sc(/N=N/c3c(C)nn(-c4ccc(S(=O)(=O)CCO)cc4)c3N)nc2cc1S(=O)(=O)O. The van der Waals surface area contributed by atoms with Crippen molar-refractivity contribution in [2.75, 3.05) is 25.2 Å². The minimum absolute atomic E-state index is 0.0336. The average molecular weight is 553 g/mol. The van der Waals surface area contributed by atoms with Crippen LogP contribution in [0.5, 0.6) is 5.75 Å². The van der Waals surface area contributed by atoms with Gasteiger partial charge >= 0.3 is 0 Å². The maximum absolute atomic E-state index is 12.1. The number of nitrogens with zero attached hydrogens (tertiary/aromatic N) is 5. The number of aromatic nitrogens is 3. The molecule has 4 N–H and O–H groups in total. The maximum atomic E-state index is 12.1. The van der Waals surface area contributed by atoms with Crippen LogP contribution in [0.15, 0.2) is 56.4 Å². The van der Waals surface area contributed by atoms with E-state index in [2.05, 4.69) is 20.3 Å². The van der Waals surface area contributed by atoms with Gasteiger partial charge in [-0.3, -0.25) is 4.55 Å². The van der Waals surface area contributed by atoms with E-state index in [0.29, 0.717) is 16.1 Å². The first-order chi connectivity index (χ1) is 16.9. The van der Waals surface area contributed by atoms with E-state index in [1.807, 2.05) is 0 Å². The lowest BCUT2D eigenvalue weighted by atomic mass is 10.3. The summed E-state index contributed by atoms with van der Waals surface area (Å²) < 4.78 is 63.8. The third kappa shape index (κ3) is 4.93. The number of methoxy groups -OCH3 is 1. The van der Waals surface area contributed by atoms with Crippen LogP contribution in [0.3, 0.4) is 0 Å². The Balaban J connectivity index is 1.66. The molecule has 0 unspecified atom stereocenters. The Kier molecular flexibility index (Phi) is 6.80. The number of nitrogen functional groups attached to an aromatic ring is 1. The fourth-order valence-corrected chi connectivity index (χ4v) is 5.79. The predicted octanol–water partition coefficient (Wildman–Crippen LogP) is 2.81. The van der Waals surface area contributed by atoms with Crippen LogP contribution >= 0.6 is 11.3 Å². The molecule has 2 aromatic heterocycles. The number of ether oxygens (including phenoxy) is 1. The number of aliphatic hydroxyl groups excluding tert-OH is 1. The highest BCUT2D eigenvalue weighted by molar-refractivity contribution is 7.91. The van der Waals surface area contributed by atoms with Crippen LogP contribution in [0.1, 0.15) is 5.69 Å². The van der Waals surface area contributed by atoms with Gasteiger partial charge in [-0.2, -0.15) is 13.5 Å². The van der Waals surface area contributed by atoms with E-state index in [9.17, 15) is 21.4 Å². The van der Waals surface area contributed by atoms with Crippen molar-refractivity contribution in [1.82, 2.24) is 14.8 Å². The fraction of sp³-hybridized carbons (Fsp3) is 0.200. The van der Waals surface area contributed by atoms with E-state index in [1.165, 1.54) is 48.2 Å². The van der Waals surface area contributed by atoms with E-state index in [4.69, 9.17) is 15.6 Å². The maximum Gasteiger partial charge on any atom is 0.298 e. The summed E-state index contributed by atoms with van der Waals surface area (Å²) in [7, 11) is -6.83. The summed E-state index contributed by atoms with van der Waals surface area (Å²) in [6.07, 6.45) is 0. The van der Waals surface area contributed by atoms with E-state index in [1.54, 1.807) is 6.92 Å². The molecule has 4 aromatic rings. The summed E-state index contributed by atoms with van der Waals surface area (Å²) in [5.41, 5.74) is 7.70. The van der Waals surface area contributed by atoms with Crippen molar-refractivity contribution in [3.63, 3.8) is 0 Å². The molecule has 0 bridgehead atoms. The summed E-state index contributed by atoms with van der Waals surface area (Å²) in [5.74, 6) is -0.261. The molecule has 2 aromatic carbocycles. The van der Waals surface area contributed by atoms with Gasteiger partial charge in [-0.25, -0.2) is 18.1 Å². The molecule has 0 spiro atoms. The average Bonchev–Trinajstić information content (AvgIpc) is 3.35. The van der Waals surface area contributed by atoms with E-state index < -0.39 is 31.5 Å². The molecule has 0 saturated carbocycles. The van der Waals surface area contributed by atoms with Crippen LogP contribution < -0.4 is 10.5 Å². The molecule has 0 amide bonds. The number of aliphatic hydroxyl groups is 1. The van der Waals surface area contributed by atoms with Gasteiger partial charge in [0.05, 0.1) is 46.0 Å². The molecule has 0 aliphatic heterocycles. The molecule has 36 heavy (non-hydrogen) atoms. The number of aryl methyl sites for hydroxylation is 1. The number of fused-ring (bicyclic) bond motifs is 1. The molecule has 0 radical (unpaired) electrons. The minimum Gasteiger partial charge on any atom is -0.495 e. The minimum atomic E-state index is -4.52. The zero-order chi connectivity index (χ0) is 26.3. The number of benzene rings is 2. The van der Waals surface area contributed by atoms with Gasteiger partial charge in [-0.1, -0.05) is 11.3 Å². The van der Waals surface area contributed by atoms with Gasteiger partial charge in [0.25, 0.3) is 10.1 Å². The standard InChI is InChI=1S/C20H20N6O7S3/c1-11-18(19(21)26(25-11)12-3-5-13(6-4-12)35(28,29)8-7-27)23-24-20-22-14-9-17(36(30,31)32)15(33-2)10-16(14)34-20/h3-6,9-10,27H,7-8,21H2,1-2H3,(H,30,31,32)/b24-23+. The topological polar surface area (TPSA) is 199 Å². The van der Waals surface area contributed by atoms with Crippen LogP contribution in [-0.4, -0.2) is 60.7 Å². The smallest absolute Gasteiger partial charge is 0.298 e. The zero-order valence-corrected chi connectivity index (χ0v) is 21.3. The van der Waals surface area contributed by atoms with Crippen molar-refractivity contribution in [3.8, 4) is 11.4 Å². The second kappa shape index (κ2) is 9.55. The van der Waals surface area contributed by atoms with Crippen LogP contribution in [0.25, 0.3) is 15.9 Å². The van der Waals surface area contributed by atoms with Crippen molar-refractivity contribution < 1.29 is 31.2 Å². The highest BCUT2D eigenvalue weighted by atomic mass is 32.2. The quantitative estimate of drug-likeness (QED) is 0.216. The number of nitrogens with two attached hydrogens (primary N) is 1. The molecule has 0 fully saturated rings. The summed E-state index contributed by atoms with van der Waals surface area (Å²) in [6, 6.07) is 8.46. The van der Waals surface area contributed by atoms with E-state index >= 15 is 0 Å². The molecule has 2 heterocycles. The van der Waals surface area contributed by atoms with Crippen LogP contribution in [0, 0.1) is 6.92 Å². The van der Waals surface area contributed by atoms with Crippen molar-refractivity contribution >= 4 is 58.1 Å². The Labute approximate surface area is 209 Å². The number of rotatable bonds is 8. The molecule has 0 saturated heterocycles. The molecule has 4 rings (SSSR count). The van der Waals surface area contributed by atoms with Gasteiger partial charge in [0.2, 0.25) is 5.13 Å². The normalized spacial score (nSPS) is 12.6. The van der Waals surface area contributed by atoms with Crippen LogP contribution in [-0.2, 0) is 20.0 Å². The van der Waals surface area contributed by atoms with Gasteiger partial charge in [0.15, 0.2) is 21.3 Å². The summed E-state index contributed by atoms with van der Waals surface area (Å²) >= 11 is 1.12. The predicted molar refractivity (Wildman–Crippen MR) is 132 cm³/mol. The summed E-state index contributed by atoms with van der Waals surface area (Å²) in [6.45, 7) is 1.19. The highest BCUT2D eigenvalue weighted by Gasteiger charge is 2.20. The molecule has 0 aliphatic rings. The number of hydrogen-bond donors (Lipinski definition) is 3. The second-order valence-electron chi connectivity index (χ2n) is 7.41. The van der Waals surface area contributed by atoms with Crippen LogP contribution in [0.4, 0.5) is 16.6 Å². The number of hydrogen-bond acceptors (Lipinski definition) is 12. The summed E-state index contributed by atoms with van der Waals surface area (Å²) in [5, 5.41) is 21.7. The molecular formula is C20H20N6O7S3. The van der Waals surface area contributed by atoms with Crippen molar-refractivity contribution in [3.05, 3.63) is 42.1 Å². The third-order valence-electron chi connectivity index (χ3n) is 5.04. The number of azo groups is 1. The molecule has 16 heteroatoms. The first-order valence-corrected chi connectivity index (χ1v) is 14.0. The van der Waals surface area contributed by atoms with Gasteiger partial charge in [0.1, 0.15) is 10.6 Å². The highest BCUT2D eigenvalue weighted by Crippen LogP contribution is 2.37. The number of anilines is 1. The number of thiazole rings is 1. The molecule has 0 atom stereocenters. The second-order valence-corrected chi connectivity index (χ2v) is 11.9. The van der Waals surface area contributed by atoms with Crippen LogP contribution in [0.2, 0.25) is 0 Å². The molecule has 13 nitrogen and oxygen atoms in total. The Morgan fingerprint density at radius 1 is 1.14 bits per heavy atom. The fourth-order valence-electron chi connectivity index (χ4n) is 3.31. The third-order valence-corrected chi connectivity index (χ3v) is 8.53. The monoisotopic (exact) mass is 552 g/mol. The molecule has 0 aliphatic carbocycles. The van der Waals surface area contributed by atoms with Gasteiger partial charge < -0.3 is 15.6 Å². The summed E-state index contributed by atoms with van der Waals surface area (Å²) in [4.78, 5) is 3.88. The Hall–Kier alpha value is -3.44. The van der Waals surface area contributed by atoms with Crippen molar-refractivity contribution in [2.45, 2.75) is 16.7 Å². The van der Waals surface area contributed by atoms with Gasteiger partial charge in [0, 0.05) is 6.07 Å². The van der Waals surface area contributed by atoms with Crippen molar-refractivity contribution in [2.24, 2.45) is 10.2 Å². The molecular weight excluding hydrogens is 532 g/mol. The first-order valence-electron chi connectivity index (χ1n) is 10.1. The lowest BCUT2D eigenvalue weighted by molar-refractivity contribution is 0.319. The molecule has 190 valence electrons. The Bertz CT molecular complexity index is 1690. The van der Waals surface area contributed by atoms with Gasteiger partial charge in [-0.05, 0) is 37.3 Å². The lowest BCUT2D eigenvalue weighted by Gasteiger charge is -2.06.